The minimum absolute atomic E-state index is 0.0995. The van der Waals surface area contributed by atoms with Gasteiger partial charge in [-0.05, 0) is 42.3 Å². The lowest BCUT2D eigenvalue weighted by Crippen LogP contribution is -2.22. The van der Waals surface area contributed by atoms with Gasteiger partial charge in [0.25, 0.3) is 5.56 Å². The van der Waals surface area contributed by atoms with E-state index in [-0.39, 0.29) is 16.3 Å². The zero-order valence-corrected chi connectivity index (χ0v) is 16.5. The molecule has 1 N–H and O–H groups in total. The Bertz CT molecular complexity index is 1250. The van der Waals surface area contributed by atoms with Gasteiger partial charge < -0.3 is 9.84 Å². The molecule has 1 aromatic carbocycles. The number of hydrogen-bond donors (Lipinski definition) is 1. The highest BCUT2D eigenvalue weighted by molar-refractivity contribution is 7.15. The zero-order chi connectivity index (χ0) is 19.7. The Balaban J connectivity index is 1.76. The first-order chi connectivity index (χ1) is 13.6. The first kappa shape index (κ1) is 18.5. The van der Waals surface area contributed by atoms with Gasteiger partial charge in [0.2, 0.25) is 0 Å². The second-order valence-electron chi connectivity index (χ2n) is 6.13. The lowest BCUT2D eigenvalue weighted by Gasteiger charge is -2.09. The van der Waals surface area contributed by atoms with Crippen molar-refractivity contribution in [2.45, 2.75) is 13.3 Å². The van der Waals surface area contributed by atoms with Crippen molar-refractivity contribution in [3.63, 3.8) is 0 Å². The predicted octanol–water partition coefficient (Wildman–Crippen LogP) is 3.51. The number of rotatable bonds is 5. The number of phenols is 1. The number of halogens is 1. The van der Waals surface area contributed by atoms with Gasteiger partial charge in [0.15, 0.2) is 16.5 Å². The van der Waals surface area contributed by atoms with Crippen LogP contribution in [0, 0.1) is 0 Å². The largest absolute Gasteiger partial charge is 0.503 e. The lowest BCUT2D eigenvalue weighted by molar-refractivity contribution is 0.299. The summed E-state index contributed by atoms with van der Waals surface area (Å²) in [5, 5.41) is 10.2. The van der Waals surface area contributed by atoms with E-state index in [0.29, 0.717) is 27.4 Å². The molecule has 0 bridgehead atoms. The van der Waals surface area contributed by atoms with Crippen LogP contribution in [0.25, 0.3) is 22.3 Å². The highest BCUT2D eigenvalue weighted by Gasteiger charge is 2.12. The first-order valence-electron chi connectivity index (χ1n) is 8.66. The molecule has 0 atom stereocenters. The van der Waals surface area contributed by atoms with Crippen LogP contribution in [0.4, 0.5) is 0 Å². The second-order valence-corrected chi connectivity index (χ2v) is 7.54. The van der Waals surface area contributed by atoms with Gasteiger partial charge in [-0.25, -0.2) is 4.98 Å². The molecule has 0 fully saturated rings. The van der Waals surface area contributed by atoms with E-state index in [1.54, 1.807) is 36.8 Å². The Morgan fingerprint density at radius 2 is 2.11 bits per heavy atom. The molecule has 0 aliphatic rings. The van der Waals surface area contributed by atoms with Crippen LogP contribution in [0.2, 0.25) is 5.02 Å². The number of pyridine rings is 1. The van der Waals surface area contributed by atoms with Crippen LogP contribution < -0.4 is 14.8 Å². The molecule has 3 heterocycles. The molecule has 3 aromatic heterocycles. The third-order valence-electron chi connectivity index (χ3n) is 4.09. The Hall–Kier alpha value is -2.90. The van der Waals surface area contributed by atoms with Crippen LogP contribution >= 0.6 is 22.9 Å². The molecule has 4 aromatic rings. The summed E-state index contributed by atoms with van der Waals surface area (Å²) in [6, 6.07) is 6.96. The van der Waals surface area contributed by atoms with Crippen LogP contribution in [0.1, 0.15) is 18.9 Å². The van der Waals surface area contributed by atoms with Crippen LogP contribution in [0.15, 0.2) is 47.7 Å². The van der Waals surface area contributed by atoms with E-state index in [4.69, 9.17) is 16.3 Å². The lowest BCUT2D eigenvalue weighted by atomic mass is 10.2. The molecular formula is C20H16ClN3O3S. The number of aromatic nitrogens is 3. The maximum Gasteiger partial charge on any atom is 0.274 e. The number of benzene rings is 1. The Morgan fingerprint density at radius 1 is 1.32 bits per heavy atom. The van der Waals surface area contributed by atoms with Gasteiger partial charge in [-0.15, -0.1) is 0 Å². The van der Waals surface area contributed by atoms with Crippen molar-refractivity contribution in [1.29, 1.82) is 0 Å². The second kappa shape index (κ2) is 7.61. The van der Waals surface area contributed by atoms with E-state index < -0.39 is 0 Å². The number of phenolic OH excluding ortho intramolecular Hbond substituents is 1. The van der Waals surface area contributed by atoms with Crippen LogP contribution in [0.5, 0.6) is 11.5 Å². The molecule has 0 spiro atoms. The fraction of sp³-hybridized carbons (Fsp3) is 0.150. The van der Waals surface area contributed by atoms with Gasteiger partial charge in [0, 0.05) is 24.2 Å². The summed E-state index contributed by atoms with van der Waals surface area (Å²) < 4.78 is 7.58. The minimum atomic E-state index is -0.159. The molecule has 0 saturated heterocycles. The summed E-state index contributed by atoms with van der Waals surface area (Å²) in [5.74, 6) is 0.201. The molecule has 4 rings (SSSR count). The average molecular weight is 414 g/mol. The van der Waals surface area contributed by atoms with Crippen molar-refractivity contribution in [2.75, 3.05) is 6.61 Å². The number of ether oxygens (including phenoxy) is 1. The van der Waals surface area contributed by atoms with Crippen LogP contribution in [-0.4, -0.2) is 26.1 Å². The molecule has 28 heavy (non-hydrogen) atoms. The van der Waals surface area contributed by atoms with Crippen molar-refractivity contribution in [1.82, 2.24) is 14.4 Å². The predicted molar refractivity (Wildman–Crippen MR) is 110 cm³/mol. The summed E-state index contributed by atoms with van der Waals surface area (Å²) in [6.45, 7) is 2.44. The minimum Gasteiger partial charge on any atom is -0.503 e. The van der Waals surface area contributed by atoms with Crippen molar-refractivity contribution < 1.29 is 9.84 Å². The third kappa shape index (κ3) is 3.46. The van der Waals surface area contributed by atoms with Crippen molar-refractivity contribution >= 4 is 34.0 Å². The average Bonchev–Trinajstić information content (AvgIpc) is 3.24. The highest BCUT2D eigenvalue weighted by Crippen LogP contribution is 2.35. The van der Waals surface area contributed by atoms with E-state index in [9.17, 15) is 9.90 Å². The number of hydrogen-bond acceptors (Lipinski definition) is 6. The molecule has 0 aliphatic carbocycles. The summed E-state index contributed by atoms with van der Waals surface area (Å²) in [5.41, 5.74) is 2.14. The Morgan fingerprint density at radius 3 is 2.82 bits per heavy atom. The number of imidazole rings is 1. The molecule has 0 unspecified atom stereocenters. The molecule has 0 aliphatic heterocycles. The Kier molecular flexibility index (Phi) is 5.02. The fourth-order valence-corrected chi connectivity index (χ4v) is 3.92. The SMILES string of the molecule is CCCOc1cc(C=c2sc3nc(-c4ccncc4)cn3c2=O)cc(Cl)c1O. The quantitative estimate of drug-likeness (QED) is 0.541. The summed E-state index contributed by atoms with van der Waals surface area (Å²) in [6.07, 6.45) is 7.62. The number of nitrogens with zero attached hydrogens (tertiary/aromatic N) is 3. The van der Waals surface area contributed by atoms with Crippen LogP contribution in [-0.2, 0) is 0 Å². The summed E-state index contributed by atoms with van der Waals surface area (Å²) in [4.78, 5) is 21.9. The zero-order valence-electron chi connectivity index (χ0n) is 14.9. The van der Waals surface area contributed by atoms with E-state index in [1.165, 1.54) is 15.7 Å². The smallest absolute Gasteiger partial charge is 0.274 e. The normalized spacial score (nSPS) is 12.0. The van der Waals surface area contributed by atoms with Crippen LogP contribution in [0.3, 0.4) is 0 Å². The molecule has 142 valence electrons. The standard InChI is InChI=1S/C20H16ClN3O3S/c1-2-7-27-16-9-12(8-14(21)18(16)25)10-17-19(26)24-11-15(23-20(24)28-17)13-3-5-22-6-4-13/h3-6,8-11,25H,2,7H2,1H3. The molecule has 0 amide bonds. The first-order valence-corrected chi connectivity index (χ1v) is 9.85. The fourth-order valence-electron chi connectivity index (χ4n) is 2.74. The number of thiazole rings is 1. The molecular weight excluding hydrogens is 398 g/mol. The number of fused-ring (bicyclic) bond motifs is 1. The molecule has 0 saturated carbocycles. The van der Waals surface area contributed by atoms with Gasteiger partial charge in [-0.1, -0.05) is 29.9 Å². The van der Waals surface area contributed by atoms with Gasteiger partial charge >= 0.3 is 0 Å². The third-order valence-corrected chi connectivity index (χ3v) is 5.36. The van der Waals surface area contributed by atoms with Crippen molar-refractivity contribution in [2.24, 2.45) is 0 Å². The van der Waals surface area contributed by atoms with Gasteiger partial charge in [0.05, 0.1) is 21.9 Å². The molecule has 8 heteroatoms. The topological polar surface area (TPSA) is 76.7 Å². The van der Waals surface area contributed by atoms with Gasteiger partial charge in [-0.3, -0.25) is 14.2 Å². The molecule has 0 radical (unpaired) electrons. The number of aromatic hydroxyl groups is 1. The monoisotopic (exact) mass is 413 g/mol. The maximum absolute atomic E-state index is 12.8. The summed E-state index contributed by atoms with van der Waals surface area (Å²) >= 11 is 7.39. The van der Waals surface area contributed by atoms with Gasteiger partial charge in [-0.2, -0.15) is 0 Å². The summed E-state index contributed by atoms with van der Waals surface area (Å²) in [7, 11) is 0. The van der Waals surface area contributed by atoms with Gasteiger partial charge in [0.1, 0.15) is 0 Å². The van der Waals surface area contributed by atoms with Crippen molar-refractivity contribution in [3.8, 4) is 22.8 Å². The van der Waals surface area contributed by atoms with Crippen molar-refractivity contribution in [3.05, 3.63) is 68.3 Å². The molecule has 6 nitrogen and oxygen atoms in total. The van der Waals surface area contributed by atoms with E-state index in [2.05, 4.69) is 9.97 Å². The maximum atomic E-state index is 12.8. The van der Waals surface area contributed by atoms with E-state index in [0.717, 1.165) is 17.7 Å². The Labute approximate surface area is 169 Å². The van der Waals surface area contributed by atoms with E-state index in [1.807, 2.05) is 19.1 Å². The highest BCUT2D eigenvalue weighted by atomic mass is 35.5. The van der Waals surface area contributed by atoms with E-state index >= 15 is 0 Å².